The van der Waals surface area contributed by atoms with E-state index in [1.165, 1.54) is 37.1 Å². The van der Waals surface area contributed by atoms with Gasteiger partial charge in [-0.1, -0.05) is 45.1 Å². The van der Waals surface area contributed by atoms with Crippen molar-refractivity contribution in [2.24, 2.45) is 17.1 Å². The first kappa shape index (κ1) is 16.4. The largest absolute Gasteiger partial charge is 0.389 e. The fourth-order valence-corrected chi connectivity index (χ4v) is 3.35. The Balaban J connectivity index is 1.96. The van der Waals surface area contributed by atoms with Crippen molar-refractivity contribution in [1.29, 1.82) is 0 Å². The second-order valence-electron chi connectivity index (χ2n) is 7.42. The molecule has 0 spiro atoms. The molecule has 21 heavy (non-hydrogen) atoms. The van der Waals surface area contributed by atoms with Gasteiger partial charge in [0.15, 0.2) is 0 Å². The van der Waals surface area contributed by atoms with E-state index in [9.17, 15) is 0 Å². The lowest BCUT2D eigenvalue weighted by atomic mass is 9.75. The van der Waals surface area contributed by atoms with Gasteiger partial charge >= 0.3 is 0 Å². The van der Waals surface area contributed by atoms with Crippen LogP contribution in [0.1, 0.15) is 50.3 Å². The Morgan fingerprint density at radius 2 is 1.90 bits per heavy atom. The molecule has 1 saturated heterocycles. The molecule has 0 unspecified atom stereocenters. The fourth-order valence-electron chi connectivity index (χ4n) is 3.22. The second-order valence-corrected chi connectivity index (χ2v) is 7.86. The quantitative estimate of drug-likeness (QED) is 0.859. The summed E-state index contributed by atoms with van der Waals surface area (Å²) in [7, 11) is 0. The molecule has 0 saturated carbocycles. The van der Waals surface area contributed by atoms with Gasteiger partial charge in [0.1, 0.15) is 4.99 Å². The standard InChI is InChI=1S/C18H28N2S/c1-13-11-14(17(19)21)5-6-15(13)12-20-9-7-16(8-10-20)18(2,3)4/h5-6,11,16H,7-10,12H2,1-4H3,(H2,19,21). The number of hydrogen-bond acceptors (Lipinski definition) is 2. The van der Waals surface area contributed by atoms with Crippen LogP contribution in [-0.4, -0.2) is 23.0 Å². The summed E-state index contributed by atoms with van der Waals surface area (Å²) in [6.07, 6.45) is 2.63. The Hall–Kier alpha value is -0.930. The van der Waals surface area contributed by atoms with Crippen LogP contribution in [0.5, 0.6) is 0 Å². The normalized spacial score (nSPS) is 17.9. The van der Waals surface area contributed by atoms with Gasteiger partial charge in [0.2, 0.25) is 0 Å². The maximum atomic E-state index is 5.69. The van der Waals surface area contributed by atoms with Crippen LogP contribution in [0.3, 0.4) is 0 Å². The number of benzene rings is 1. The number of aryl methyl sites for hydroxylation is 1. The molecule has 2 N–H and O–H groups in total. The molecule has 2 rings (SSSR count). The van der Waals surface area contributed by atoms with Crippen LogP contribution in [0.2, 0.25) is 0 Å². The van der Waals surface area contributed by atoms with Crippen molar-refractivity contribution >= 4 is 17.2 Å². The maximum Gasteiger partial charge on any atom is 0.103 e. The van der Waals surface area contributed by atoms with Gasteiger partial charge in [0.25, 0.3) is 0 Å². The summed E-state index contributed by atoms with van der Waals surface area (Å²) in [4.78, 5) is 3.06. The van der Waals surface area contributed by atoms with Crippen LogP contribution in [0.4, 0.5) is 0 Å². The highest BCUT2D eigenvalue weighted by molar-refractivity contribution is 7.80. The third-order valence-electron chi connectivity index (χ3n) is 4.83. The lowest BCUT2D eigenvalue weighted by molar-refractivity contribution is 0.108. The molecular formula is C18H28N2S. The maximum absolute atomic E-state index is 5.69. The lowest BCUT2D eigenvalue weighted by Gasteiger charge is -2.39. The summed E-state index contributed by atoms with van der Waals surface area (Å²) >= 11 is 5.04. The van der Waals surface area contributed by atoms with E-state index >= 15 is 0 Å². The molecule has 1 aliphatic heterocycles. The summed E-state index contributed by atoms with van der Waals surface area (Å²) in [6.45, 7) is 12.7. The minimum absolute atomic E-state index is 0.445. The van der Waals surface area contributed by atoms with Crippen molar-refractivity contribution in [2.75, 3.05) is 13.1 Å². The third kappa shape index (κ3) is 4.27. The van der Waals surface area contributed by atoms with Crippen LogP contribution in [-0.2, 0) is 6.54 Å². The van der Waals surface area contributed by atoms with E-state index in [1.54, 1.807) is 0 Å². The molecule has 0 bridgehead atoms. The van der Waals surface area contributed by atoms with Crippen molar-refractivity contribution < 1.29 is 0 Å². The Morgan fingerprint density at radius 1 is 1.29 bits per heavy atom. The molecule has 1 aromatic carbocycles. The predicted molar refractivity (Wildman–Crippen MR) is 94.5 cm³/mol. The molecule has 2 nitrogen and oxygen atoms in total. The summed E-state index contributed by atoms with van der Waals surface area (Å²) in [5.74, 6) is 0.854. The summed E-state index contributed by atoms with van der Waals surface area (Å²) in [5.41, 5.74) is 9.79. The number of likely N-dealkylation sites (tertiary alicyclic amines) is 1. The molecule has 0 aromatic heterocycles. The molecule has 0 amide bonds. The minimum Gasteiger partial charge on any atom is -0.389 e. The zero-order valence-electron chi connectivity index (χ0n) is 13.8. The highest BCUT2D eigenvalue weighted by Crippen LogP contribution is 2.34. The van der Waals surface area contributed by atoms with Gasteiger partial charge in [0.05, 0.1) is 0 Å². The molecule has 1 aliphatic rings. The number of thiocarbonyl (C=S) groups is 1. The van der Waals surface area contributed by atoms with E-state index < -0.39 is 0 Å². The number of hydrogen-bond donors (Lipinski definition) is 1. The topological polar surface area (TPSA) is 29.3 Å². The Bertz CT molecular complexity index is 508. The number of piperidine rings is 1. The lowest BCUT2D eigenvalue weighted by Crippen LogP contribution is -2.37. The van der Waals surface area contributed by atoms with Crippen molar-refractivity contribution in [3.05, 3.63) is 34.9 Å². The van der Waals surface area contributed by atoms with Crippen LogP contribution in [0.25, 0.3) is 0 Å². The number of nitrogens with zero attached hydrogens (tertiary/aromatic N) is 1. The van der Waals surface area contributed by atoms with Crippen LogP contribution in [0.15, 0.2) is 18.2 Å². The minimum atomic E-state index is 0.445. The van der Waals surface area contributed by atoms with E-state index in [-0.39, 0.29) is 0 Å². The predicted octanol–water partition coefficient (Wildman–Crippen LogP) is 3.89. The van der Waals surface area contributed by atoms with Gasteiger partial charge in [-0.25, -0.2) is 0 Å². The van der Waals surface area contributed by atoms with Crippen molar-refractivity contribution in [2.45, 2.75) is 47.1 Å². The molecule has 1 fully saturated rings. The first-order valence-corrected chi connectivity index (χ1v) is 8.30. The first-order chi connectivity index (χ1) is 9.77. The summed E-state index contributed by atoms with van der Waals surface area (Å²) in [6, 6.07) is 6.34. The van der Waals surface area contributed by atoms with Gasteiger partial charge in [-0.2, -0.15) is 0 Å². The van der Waals surface area contributed by atoms with Gasteiger partial charge in [-0.15, -0.1) is 0 Å². The summed E-state index contributed by atoms with van der Waals surface area (Å²) in [5, 5.41) is 0. The first-order valence-electron chi connectivity index (χ1n) is 7.89. The summed E-state index contributed by atoms with van der Waals surface area (Å²) < 4.78 is 0. The molecular weight excluding hydrogens is 276 g/mol. The van der Waals surface area contributed by atoms with E-state index in [4.69, 9.17) is 18.0 Å². The van der Waals surface area contributed by atoms with Crippen LogP contribution >= 0.6 is 12.2 Å². The van der Waals surface area contributed by atoms with Crippen molar-refractivity contribution in [3.63, 3.8) is 0 Å². The molecule has 0 radical (unpaired) electrons. The monoisotopic (exact) mass is 304 g/mol. The zero-order valence-corrected chi connectivity index (χ0v) is 14.6. The molecule has 0 aliphatic carbocycles. The Labute approximate surface area is 134 Å². The van der Waals surface area contributed by atoms with E-state index in [0.29, 0.717) is 10.4 Å². The van der Waals surface area contributed by atoms with Gasteiger partial charge < -0.3 is 5.73 Å². The molecule has 3 heteroatoms. The second kappa shape index (κ2) is 6.45. The van der Waals surface area contributed by atoms with Gasteiger partial charge in [-0.3, -0.25) is 4.90 Å². The average molecular weight is 305 g/mol. The molecule has 0 atom stereocenters. The highest BCUT2D eigenvalue weighted by Gasteiger charge is 2.28. The van der Waals surface area contributed by atoms with Gasteiger partial charge in [0, 0.05) is 12.1 Å². The third-order valence-corrected chi connectivity index (χ3v) is 5.07. The number of rotatable bonds is 3. The van der Waals surface area contributed by atoms with Crippen LogP contribution < -0.4 is 5.73 Å². The van der Waals surface area contributed by atoms with Gasteiger partial charge in [-0.05, 0) is 61.4 Å². The highest BCUT2D eigenvalue weighted by atomic mass is 32.1. The van der Waals surface area contributed by atoms with E-state index in [2.05, 4.69) is 44.7 Å². The van der Waals surface area contributed by atoms with E-state index in [1.807, 2.05) is 6.07 Å². The zero-order chi connectivity index (χ0) is 15.6. The van der Waals surface area contributed by atoms with Crippen LogP contribution in [0, 0.1) is 18.3 Å². The Kier molecular flexibility index (Phi) is 5.05. The van der Waals surface area contributed by atoms with E-state index in [0.717, 1.165) is 18.0 Å². The van der Waals surface area contributed by atoms with Crippen molar-refractivity contribution in [1.82, 2.24) is 4.90 Å². The molecule has 1 heterocycles. The Morgan fingerprint density at radius 3 is 2.38 bits per heavy atom. The average Bonchev–Trinajstić information content (AvgIpc) is 2.40. The number of nitrogens with two attached hydrogens (primary N) is 1. The smallest absolute Gasteiger partial charge is 0.103 e. The molecule has 116 valence electrons. The fraction of sp³-hybridized carbons (Fsp3) is 0.611. The SMILES string of the molecule is Cc1cc(C(N)=S)ccc1CN1CCC(C(C)(C)C)CC1. The van der Waals surface area contributed by atoms with Crippen molar-refractivity contribution in [3.8, 4) is 0 Å². The molecule has 1 aromatic rings.